The summed E-state index contributed by atoms with van der Waals surface area (Å²) in [7, 11) is -3.84. The first-order valence-electron chi connectivity index (χ1n) is 5.16. The third-order valence-corrected chi connectivity index (χ3v) is 3.75. The number of hydrogen-bond acceptors (Lipinski definition) is 4. The highest BCUT2D eigenvalue weighted by atomic mass is 32.2. The summed E-state index contributed by atoms with van der Waals surface area (Å²) < 4.78 is 28.6. The molecule has 0 aliphatic rings. The zero-order valence-electron chi connectivity index (χ0n) is 9.55. The van der Waals surface area contributed by atoms with E-state index in [2.05, 4.69) is 6.58 Å². The van der Waals surface area contributed by atoms with Crippen LogP contribution in [0, 0.1) is 0 Å². The molecule has 4 nitrogen and oxygen atoms in total. The van der Waals surface area contributed by atoms with Crippen LogP contribution in [0.4, 0.5) is 0 Å². The van der Waals surface area contributed by atoms with Crippen LogP contribution in [0.5, 0.6) is 0 Å². The minimum atomic E-state index is -3.84. The molecule has 0 heterocycles. The van der Waals surface area contributed by atoms with Crippen LogP contribution >= 0.6 is 0 Å². The molecule has 0 spiro atoms. The monoisotopic (exact) mass is 254 g/mol. The van der Waals surface area contributed by atoms with Crippen molar-refractivity contribution in [2.75, 3.05) is 6.61 Å². The summed E-state index contributed by atoms with van der Waals surface area (Å²) in [5.41, 5.74) is 0. The fraction of sp³-hybridized carbons (Fsp3) is 0.250. The van der Waals surface area contributed by atoms with Crippen LogP contribution in [0.15, 0.2) is 46.7 Å². The highest BCUT2D eigenvalue weighted by Gasteiger charge is 2.25. The number of benzene rings is 1. The van der Waals surface area contributed by atoms with E-state index in [1.54, 1.807) is 18.2 Å². The maximum Gasteiger partial charge on any atom is 0.349 e. The Morgan fingerprint density at radius 3 is 2.41 bits per heavy atom. The van der Waals surface area contributed by atoms with E-state index in [0.717, 1.165) is 0 Å². The summed E-state index contributed by atoms with van der Waals surface area (Å²) in [4.78, 5) is 10.9. The van der Waals surface area contributed by atoms with E-state index in [4.69, 9.17) is 4.74 Å². The first kappa shape index (κ1) is 13.4. The summed E-state index contributed by atoms with van der Waals surface area (Å²) in [5.74, 6) is -0.893. The smallest absolute Gasteiger partial charge is 0.349 e. The van der Waals surface area contributed by atoms with Crippen LogP contribution in [0.2, 0.25) is 0 Å². The molecule has 0 saturated carbocycles. The first-order valence-corrected chi connectivity index (χ1v) is 6.64. The van der Waals surface area contributed by atoms with E-state index in [1.165, 1.54) is 12.1 Å². The standard InChI is InChI=1S/C12H14O4S/c1-3-9-16-12(13)10(2)17(14,15)11-7-5-4-6-8-11/h4-8H,2-3,9H2,1H3. The topological polar surface area (TPSA) is 60.4 Å². The lowest BCUT2D eigenvalue weighted by Gasteiger charge is -2.07. The van der Waals surface area contributed by atoms with Gasteiger partial charge in [0.15, 0.2) is 0 Å². The Morgan fingerprint density at radius 1 is 1.29 bits per heavy atom. The van der Waals surface area contributed by atoms with Gasteiger partial charge in [0.25, 0.3) is 0 Å². The number of carbonyl (C=O) groups is 1. The fourth-order valence-electron chi connectivity index (χ4n) is 1.13. The minimum absolute atomic E-state index is 0.0402. The van der Waals surface area contributed by atoms with Gasteiger partial charge >= 0.3 is 5.97 Å². The molecular formula is C12H14O4S. The summed E-state index contributed by atoms with van der Waals surface area (Å²) >= 11 is 0. The Labute approximate surface area is 101 Å². The average Bonchev–Trinajstić information content (AvgIpc) is 2.36. The maximum atomic E-state index is 11.9. The third-order valence-electron chi connectivity index (χ3n) is 2.04. The molecule has 0 bridgehead atoms. The van der Waals surface area contributed by atoms with Crippen LogP contribution in [0.1, 0.15) is 13.3 Å². The predicted octanol–water partition coefficient (Wildman–Crippen LogP) is 1.93. The van der Waals surface area contributed by atoms with Gasteiger partial charge in [0.05, 0.1) is 11.5 Å². The van der Waals surface area contributed by atoms with Crippen molar-refractivity contribution in [3.8, 4) is 0 Å². The normalized spacial score (nSPS) is 10.9. The summed E-state index contributed by atoms with van der Waals surface area (Å²) in [5, 5.41) is 0. The first-order chi connectivity index (χ1) is 8.00. The predicted molar refractivity (Wildman–Crippen MR) is 64.0 cm³/mol. The summed E-state index contributed by atoms with van der Waals surface area (Å²) in [6.07, 6.45) is 0.629. The lowest BCUT2D eigenvalue weighted by Crippen LogP contribution is -2.16. The number of carbonyl (C=O) groups excluding carboxylic acids is 1. The van der Waals surface area contributed by atoms with Gasteiger partial charge in [-0.3, -0.25) is 0 Å². The number of hydrogen-bond donors (Lipinski definition) is 0. The Bertz CT molecular complexity index is 503. The van der Waals surface area contributed by atoms with Crippen LogP contribution in [0.3, 0.4) is 0 Å². The number of esters is 1. The van der Waals surface area contributed by atoms with Gasteiger partial charge < -0.3 is 4.74 Å². The van der Waals surface area contributed by atoms with E-state index in [9.17, 15) is 13.2 Å². The summed E-state index contributed by atoms with van der Waals surface area (Å²) in [6, 6.07) is 7.67. The summed E-state index contributed by atoms with van der Waals surface area (Å²) in [6.45, 7) is 5.30. The molecule has 0 aliphatic heterocycles. The largest absolute Gasteiger partial charge is 0.462 e. The van der Waals surface area contributed by atoms with E-state index in [1.807, 2.05) is 6.92 Å². The van der Waals surface area contributed by atoms with Gasteiger partial charge in [-0.2, -0.15) is 0 Å². The van der Waals surface area contributed by atoms with E-state index >= 15 is 0 Å². The molecular weight excluding hydrogens is 240 g/mol. The molecule has 0 saturated heterocycles. The van der Waals surface area contributed by atoms with Crippen molar-refractivity contribution < 1.29 is 17.9 Å². The van der Waals surface area contributed by atoms with E-state index < -0.39 is 20.7 Å². The van der Waals surface area contributed by atoms with Crippen molar-refractivity contribution in [3.05, 3.63) is 41.8 Å². The van der Waals surface area contributed by atoms with Crippen molar-refractivity contribution in [3.63, 3.8) is 0 Å². The molecule has 1 aromatic rings. The highest BCUT2D eigenvalue weighted by Crippen LogP contribution is 2.18. The number of ether oxygens (including phenoxy) is 1. The molecule has 1 aromatic carbocycles. The second-order valence-electron chi connectivity index (χ2n) is 3.38. The van der Waals surface area contributed by atoms with Crippen molar-refractivity contribution in [1.29, 1.82) is 0 Å². The van der Waals surface area contributed by atoms with E-state index in [0.29, 0.717) is 6.42 Å². The van der Waals surface area contributed by atoms with E-state index in [-0.39, 0.29) is 11.5 Å². The van der Waals surface area contributed by atoms with Crippen LogP contribution in [-0.4, -0.2) is 21.0 Å². The van der Waals surface area contributed by atoms with Gasteiger partial charge in [-0.05, 0) is 18.6 Å². The van der Waals surface area contributed by atoms with Crippen molar-refractivity contribution >= 4 is 15.8 Å². The van der Waals surface area contributed by atoms with Gasteiger partial charge in [0, 0.05) is 0 Å². The quantitative estimate of drug-likeness (QED) is 0.595. The molecule has 0 amide bonds. The molecule has 0 aromatic heterocycles. The highest BCUT2D eigenvalue weighted by molar-refractivity contribution is 7.96. The lowest BCUT2D eigenvalue weighted by molar-refractivity contribution is -0.138. The molecule has 1 rings (SSSR count). The second-order valence-corrected chi connectivity index (χ2v) is 5.35. The number of sulfone groups is 1. The molecule has 0 fully saturated rings. The minimum Gasteiger partial charge on any atom is -0.462 e. The van der Waals surface area contributed by atoms with Crippen LogP contribution in [-0.2, 0) is 19.4 Å². The Kier molecular flexibility index (Phi) is 4.45. The SMILES string of the molecule is C=C(C(=O)OCCC)S(=O)(=O)c1ccccc1. The maximum absolute atomic E-state index is 11.9. The third kappa shape index (κ3) is 3.17. The molecule has 5 heteroatoms. The molecule has 0 N–H and O–H groups in total. The lowest BCUT2D eigenvalue weighted by atomic mass is 10.4. The molecule has 0 radical (unpaired) electrons. The van der Waals surface area contributed by atoms with Crippen molar-refractivity contribution in [2.45, 2.75) is 18.2 Å². The second kappa shape index (κ2) is 5.63. The van der Waals surface area contributed by atoms with Gasteiger partial charge in [0.1, 0.15) is 4.91 Å². The Balaban J connectivity index is 2.93. The van der Waals surface area contributed by atoms with Crippen molar-refractivity contribution in [2.24, 2.45) is 0 Å². The average molecular weight is 254 g/mol. The molecule has 92 valence electrons. The molecule has 0 aliphatic carbocycles. The zero-order valence-corrected chi connectivity index (χ0v) is 10.4. The number of rotatable bonds is 5. The molecule has 0 unspecified atom stereocenters. The molecule has 17 heavy (non-hydrogen) atoms. The van der Waals surface area contributed by atoms with Gasteiger partial charge in [-0.15, -0.1) is 0 Å². The Morgan fingerprint density at radius 2 is 1.88 bits per heavy atom. The van der Waals surface area contributed by atoms with Crippen LogP contribution < -0.4 is 0 Å². The van der Waals surface area contributed by atoms with Crippen LogP contribution in [0.25, 0.3) is 0 Å². The molecule has 0 atom stereocenters. The Hall–Kier alpha value is -1.62. The van der Waals surface area contributed by atoms with Gasteiger partial charge in [-0.1, -0.05) is 31.7 Å². The van der Waals surface area contributed by atoms with Gasteiger partial charge in [-0.25, -0.2) is 13.2 Å². The fourth-order valence-corrected chi connectivity index (χ4v) is 2.21. The van der Waals surface area contributed by atoms with Crippen molar-refractivity contribution in [1.82, 2.24) is 0 Å². The van der Waals surface area contributed by atoms with Gasteiger partial charge in [0.2, 0.25) is 9.84 Å². The zero-order chi connectivity index (χ0) is 12.9.